The van der Waals surface area contributed by atoms with Gasteiger partial charge in [-0.15, -0.1) is 0 Å². The fourth-order valence-electron chi connectivity index (χ4n) is 7.47. The Morgan fingerprint density at radius 1 is 1.08 bits per heavy atom. The molecule has 0 saturated carbocycles. The number of nitrogens with one attached hydrogen (secondary N) is 1. The van der Waals surface area contributed by atoms with E-state index in [1.54, 1.807) is 0 Å². The summed E-state index contributed by atoms with van der Waals surface area (Å²) in [5.74, 6) is 1.11. The van der Waals surface area contributed by atoms with Crippen LogP contribution in [0.15, 0.2) is 35.9 Å². The van der Waals surface area contributed by atoms with Crippen LogP contribution in [0.2, 0.25) is 0 Å². The molecule has 0 aromatic heterocycles. The molecule has 192 valence electrons. The Morgan fingerprint density at radius 3 is 2.67 bits per heavy atom. The first-order valence-electron chi connectivity index (χ1n) is 13.9. The Labute approximate surface area is 213 Å². The van der Waals surface area contributed by atoms with E-state index in [1.807, 2.05) is 29.2 Å². The summed E-state index contributed by atoms with van der Waals surface area (Å²) < 4.78 is 0. The average molecular weight is 491 g/mol. The number of nitrogens with zero attached hydrogens (tertiary/aromatic N) is 3. The third kappa shape index (κ3) is 4.05. The van der Waals surface area contributed by atoms with Crippen LogP contribution in [0.3, 0.4) is 0 Å². The number of imide groups is 1. The van der Waals surface area contributed by atoms with Crippen LogP contribution >= 0.6 is 0 Å². The van der Waals surface area contributed by atoms with Crippen LogP contribution in [-0.2, 0) is 9.59 Å². The van der Waals surface area contributed by atoms with E-state index in [4.69, 9.17) is 0 Å². The minimum absolute atomic E-state index is 0.0135. The maximum atomic E-state index is 13.6. The van der Waals surface area contributed by atoms with Gasteiger partial charge in [0.2, 0.25) is 5.91 Å². The van der Waals surface area contributed by atoms with Gasteiger partial charge in [0.1, 0.15) is 6.04 Å². The van der Waals surface area contributed by atoms with E-state index in [-0.39, 0.29) is 24.3 Å². The number of benzene rings is 1. The lowest BCUT2D eigenvalue weighted by Crippen LogP contribution is -2.60. The SMILES string of the molecule is CC(C)c1ccc(N2C(=O)N[C@@H](CC(=O)N3CCCC4=CC5CC(CN6CCCCC56)C43)C2=O)cc1. The first-order valence-corrected chi connectivity index (χ1v) is 13.9. The number of hydrogen-bond acceptors (Lipinski definition) is 4. The van der Waals surface area contributed by atoms with Crippen molar-refractivity contribution in [3.05, 3.63) is 41.5 Å². The van der Waals surface area contributed by atoms with Crippen molar-refractivity contribution in [1.29, 1.82) is 0 Å². The maximum absolute atomic E-state index is 13.6. The van der Waals surface area contributed by atoms with Gasteiger partial charge in [0.25, 0.3) is 5.91 Å². The number of carbonyl (C=O) groups is 3. The molecule has 0 radical (unpaired) electrons. The highest BCUT2D eigenvalue weighted by Crippen LogP contribution is 2.45. The van der Waals surface area contributed by atoms with Crippen molar-refractivity contribution < 1.29 is 14.4 Å². The summed E-state index contributed by atoms with van der Waals surface area (Å²) in [6.07, 6.45) is 9.66. The van der Waals surface area contributed by atoms with Crippen molar-refractivity contribution in [3.63, 3.8) is 0 Å². The molecule has 4 unspecified atom stereocenters. The van der Waals surface area contributed by atoms with Gasteiger partial charge in [0.05, 0.1) is 18.2 Å². The summed E-state index contributed by atoms with van der Waals surface area (Å²) >= 11 is 0. The maximum Gasteiger partial charge on any atom is 0.329 e. The van der Waals surface area contributed by atoms with E-state index in [1.165, 1.54) is 42.7 Å². The summed E-state index contributed by atoms with van der Waals surface area (Å²) in [5, 5.41) is 2.78. The molecule has 4 aliphatic heterocycles. The Morgan fingerprint density at radius 2 is 1.89 bits per heavy atom. The summed E-state index contributed by atoms with van der Waals surface area (Å²) in [4.78, 5) is 45.5. The van der Waals surface area contributed by atoms with Crippen molar-refractivity contribution in [2.24, 2.45) is 11.8 Å². The van der Waals surface area contributed by atoms with E-state index in [2.05, 4.69) is 30.1 Å². The summed E-state index contributed by atoms with van der Waals surface area (Å²) in [6.45, 7) is 7.21. The lowest BCUT2D eigenvalue weighted by molar-refractivity contribution is -0.138. The molecule has 2 bridgehead atoms. The molecule has 1 N–H and O–H groups in total. The molecule has 1 aromatic carbocycles. The normalized spacial score (nSPS) is 32.2. The van der Waals surface area contributed by atoms with Gasteiger partial charge in [-0.1, -0.05) is 44.1 Å². The monoisotopic (exact) mass is 490 g/mol. The first kappa shape index (κ1) is 23.7. The smallest absolute Gasteiger partial charge is 0.329 e. The molecule has 4 fully saturated rings. The van der Waals surface area contributed by atoms with E-state index in [0.29, 0.717) is 29.5 Å². The predicted octanol–water partition coefficient (Wildman–Crippen LogP) is 4.05. The number of hydrogen-bond donors (Lipinski definition) is 1. The van der Waals surface area contributed by atoms with E-state index < -0.39 is 12.1 Å². The van der Waals surface area contributed by atoms with E-state index in [0.717, 1.165) is 31.5 Å². The highest BCUT2D eigenvalue weighted by atomic mass is 16.2. The Bertz CT molecular complexity index is 1080. The van der Waals surface area contributed by atoms with Crippen LogP contribution in [0.25, 0.3) is 0 Å². The summed E-state index contributed by atoms with van der Waals surface area (Å²) in [7, 11) is 0. The third-order valence-corrected chi connectivity index (χ3v) is 9.19. The fraction of sp³-hybridized carbons (Fsp3) is 0.621. The second-order valence-electron chi connectivity index (χ2n) is 11.7. The molecule has 1 aromatic rings. The van der Waals surface area contributed by atoms with Gasteiger partial charge in [-0.3, -0.25) is 14.5 Å². The van der Waals surface area contributed by atoms with E-state index >= 15 is 0 Å². The molecule has 1 aliphatic carbocycles. The van der Waals surface area contributed by atoms with Gasteiger partial charge in [-0.2, -0.15) is 0 Å². The number of amides is 4. The number of carbonyl (C=O) groups excluding carboxylic acids is 3. The third-order valence-electron chi connectivity index (χ3n) is 9.19. The highest BCUT2D eigenvalue weighted by molar-refractivity contribution is 6.22. The second kappa shape index (κ2) is 9.33. The second-order valence-corrected chi connectivity index (χ2v) is 11.7. The van der Waals surface area contributed by atoms with Crippen LogP contribution in [0.4, 0.5) is 10.5 Å². The van der Waals surface area contributed by atoms with Crippen LogP contribution < -0.4 is 10.2 Å². The first-order chi connectivity index (χ1) is 17.4. The number of likely N-dealkylation sites (tertiary alicyclic amines) is 1. The molecular weight excluding hydrogens is 452 g/mol. The molecule has 4 heterocycles. The van der Waals surface area contributed by atoms with Crippen molar-refractivity contribution in [2.45, 2.75) is 82.8 Å². The number of piperidine rings is 3. The number of rotatable bonds is 4. The predicted molar refractivity (Wildman–Crippen MR) is 139 cm³/mol. The molecule has 4 amide bonds. The summed E-state index contributed by atoms with van der Waals surface area (Å²) in [6, 6.07) is 7.11. The standard InChI is InChI=1S/C29H38N4O3/c1-18(2)19-8-10-23(11-9-19)33-28(35)24(30-29(33)36)16-26(34)32-13-5-6-20-14-21-15-22(27(20)32)17-31-12-4-3-7-25(21)31/h8-11,14,18,21-22,24-25,27H,3-7,12-13,15-17H2,1-2H3,(H,30,36)/t21?,22?,24-,25?,27?/m0/s1. The molecule has 4 saturated heterocycles. The lowest BCUT2D eigenvalue weighted by atomic mass is 9.68. The van der Waals surface area contributed by atoms with E-state index in [9.17, 15) is 14.4 Å². The fourth-order valence-corrected chi connectivity index (χ4v) is 7.47. The molecular formula is C29H38N4O3. The van der Waals surface area contributed by atoms with Gasteiger partial charge >= 0.3 is 6.03 Å². The molecule has 7 heteroatoms. The molecule has 5 atom stereocenters. The van der Waals surface area contributed by atoms with Gasteiger partial charge in [-0.05, 0) is 74.1 Å². The Kier molecular flexibility index (Phi) is 6.14. The van der Waals surface area contributed by atoms with Gasteiger partial charge in [0.15, 0.2) is 0 Å². The van der Waals surface area contributed by atoms with Crippen molar-refractivity contribution in [1.82, 2.24) is 15.1 Å². The van der Waals surface area contributed by atoms with Crippen LogP contribution in [0.1, 0.15) is 70.3 Å². The highest BCUT2D eigenvalue weighted by Gasteiger charge is 2.48. The minimum Gasteiger partial charge on any atom is -0.336 e. The van der Waals surface area contributed by atoms with Crippen molar-refractivity contribution in [3.8, 4) is 0 Å². The van der Waals surface area contributed by atoms with Crippen LogP contribution in [-0.4, -0.2) is 65.4 Å². The molecule has 7 nitrogen and oxygen atoms in total. The number of fused-ring (bicyclic) bond motifs is 6. The van der Waals surface area contributed by atoms with Crippen LogP contribution in [0, 0.1) is 11.8 Å². The Balaban J connectivity index is 1.17. The zero-order valence-corrected chi connectivity index (χ0v) is 21.5. The topological polar surface area (TPSA) is 73.0 Å². The van der Waals surface area contributed by atoms with Gasteiger partial charge < -0.3 is 10.2 Å². The number of anilines is 1. The largest absolute Gasteiger partial charge is 0.336 e. The summed E-state index contributed by atoms with van der Waals surface area (Å²) in [5.41, 5.74) is 3.14. The van der Waals surface area contributed by atoms with Gasteiger partial charge in [-0.25, -0.2) is 9.69 Å². The van der Waals surface area contributed by atoms with Crippen LogP contribution in [0.5, 0.6) is 0 Å². The molecule has 0 spiro atoms. The zero-order valence-electron chi connectivity index (χ0n) is 21.5. The lowest BCUT2D eigenvalue weighted by Gasteiger charge is -2.54. The zero-order chi connectivity index (χ0) is 25.0. The van der Waals surface area contributed by atoms with Gasteiger partial charge in [0, 0.05) is 19.1 Å². The molecule has 6 rings (SSSR count). The molecule has 5 aliphatic rings. The van der Waals surface area contributed by atoms with Crippen molar-refractivity contribution >= 4 is 23.5 Å². The molecule has 36 heavy (non-hydrogen) atoms. The van der Waals surface area contributed by atoms with Crippen molar-refractivity contribution in [2.75, 3.05) is 24.5 Å². The quantitative estimate of drug-likeness (QED) is 0.511. The average Bonchev–Trinajstić information content (AvgIpc) is 3.16. The Hall–Kier alpha value is -2.67. The minimum atomic E-state index is -0.807. The number of urea groups is 1.